The van der Waals surface area contributed by atoms with Crippen LogP contribution in [0.25, 0.3) is 10.9 Å². The predicted octanol–water partition coefficient (Wildman–Crippen LogP) is 2.40. The molecule has 2 heterocycles. The van der Waals surface area contributed by atoms with Crippen molar-refractivity contribution in [2.75, 3.05) is 6.54 Å². The van der Waals surface area contributed by atoms with E-state index in [9.17, 15) is 9.59 Å². The molecule has 0 bridgehead atoms. The zero-order chi connectivity index (χ0) is 17.8. The third kappa shape index (κ3) is 2.81. The lowest BCUT2D eigenvalue weighted by molar-refractivity contribution is -0.132. The van der Waals surface area contributed by atoms with E-state index in [0.29, 0.717) is 13.0 Å². The van der Waals surface area contributed by atoms with Gasteiger partial charge in [-0.1, -0.05) is 18.2 Å². The Morgan fingerprint density at radius 1 is 1.20 bits per heavy atom. The predicted molar refractivity (Wildman–Crippen MR) is 97.2 cm³/mol. The number of rotatable bonds is 2. The molecule has 1 fully saturated rings. The van der Waals surface area contributed by atoms with Gasteiger partial charge in [0.1, 0.15) is 0 Å². The Bertz CT molecular complexity index is 846. The van der Waals surface area contributed by atoms with Crippen LogP contribution < -0.4 is 5.32 Å². The maximum absolute atomic E-state index is 12.7. The molecule has 0 radical (unpaired) electrons. The van der Waals surface area contributed by atoms with Gasteiger partial charge < -0.3 is 15.2 Å². The molecule has 5 heteroatoms. The van der Waals surface area contributed by atoms with E-state index in [0.717, 1.165) is 12.8 Å². The molecule has 1 aliphatic carbocycles. The van der Waals surface area contributed by atoms with Crippen molar-refractivity contribution in [2.24, 2.45) is 5.92 Å². The number of benzene rings is 1. The van der Waals surface area contributed by atoms with Crippen molar-refractivity contribution >= 4 is 22.7 Å². The number of H-pyrrole nitrogens is 1. The number of hydrogen-bond donors (Lipinski definition) is 2. The summed E-state index contributed by atoms with van der Waals surface area (Å²) in [5.74, 6) is -0.141. The van der Waals surface area contributed by atoms with Crippen LogP contribution in [0, 0.1) is 5.92 Å². The number of aromatic amines is 1. The van der Waals surface area contributed by atoms with E-state index in [1.165, 1.54) is 22.2 Å². The number of nitrogens with one attached hydrogen (secondary N) is 2. The van der Waals surface area contributed by atoms with Crippen LogP contribution in [0.4, 0.5) is 0 Å². The van der Waals surface area contributed by atoms with Crippen LogP contribution in [0.2, 0.25) is 0 Å². The summed E-state index contributed by atoms with van der Waals surface area (Å²) in [6.45, 7) is 6.56. The Labute approximate surface area is 147 Å². The van der Waals surface area contributed by atoms with Crippen LogP contribution >= 0.6 is 0 Å². The molecule has 1 aliphatic heterocycles. The number of para-hydroxylation sites is 1. The number of likely N-dealkylation sites (tertiary alicyclic amines) is 1. The van der Waals surface area contributed by atoms with Gasteiger partial charge in [-0.15, -0.1) is 0 Å². The van der Waals surface area contributed by atoms with Crippen LogP contribution in [0.3, 0.4) is 0 Å². The molecule has 2 unspecified atom stereocenters. The summed E-state index contributed by atoms with van der Waals surface area (Å²) in [5.41, 5.74) is 3.49. The van der Waals surface area contributed by atoms with Crippen molar-refractivity contribution in [1.29, 1.82) is 0 Å². The molecule has 1 aromatic heterocycles. The van der Waals surface area contributed by atoms with Gasteiger partial charge in [-0.25, -0.2) is 0 Å². The minimum atomic E-state index is -0.234. The van der Waals surface area contributed by atoms with E-state index >= 15 is 0 Å². The maximum Gasteiger partial charge on any atom is 0.225 e. The van der Waals surface area contributed by atoms with Crippen molar-refractivity contribution in [1.82, 2.24) is 15.2 Å². The molecule has 5 nitrogen and oxygen atoms in total. The van der Waals surface area contributed by atoms with Crippen molar-refractivity contribution in [3.8, 4) is 0 Å². The first-order valence-electron chi connectivity index (χ1n) is 9.02. The fourth-order valence-electron chi connectivity index (χ4n) is 4.18. The van der Waals surface area contributed by atoms with Gasteiger partial charge in [0.2, 0.25) is 11.8 Å². The van der Waals surface area contributed by atoms with E-state index in [1.54, 1.807) is 0 Å². The lowest BCUT2D eigenvalue weighted by Crippen LogP contribution is -2.44. The van der Waals surface area contributed by atoms with Gasteiger partial charge in [-0.3, -0.25) is 9.59 Å². The first kappa shape index (κ1) is 16.2. The highest BCUT2D eigenvalue weighted by molar-refractivity contribution is 5.90. The second kappa shape index (κ2) is 5.61. The third-order valence-corrected chi connectivity index (χ3v) is 5.46. The molecule has 2 N–H and O–H groups in total. The minimum absolute atomic E-state index is 0.0135. The fourth-order valence-corrected chi connectivity index (χ4v) is 4.18. The number of aromatic nitrogens is 1. The topological polar surface area (TPSA) is 65.2 Å². The summed E-state index contributed by atoms with van der Waals surface area (Å²) in [6, 6.07) is 8.43. The molecule has 1 aromatic carbocycles. The quantitative estimate of drug-likeness (QED) is 0.882. The molecule has 1 saturated heterocycles. The third-order valence-electron chi connectivity index (χ3n) is 5.46. The Kier molecular flexibility index (Phi) is 3.63. The van der Waals surface area contributed by atoms with Gasteiger partial charge in [-0.05, 0) is 38.8 Å². The van der Waals surface area contributed by atoms with Crippen LogP contribution in [0.5, 0.6) is 0 Å². The first-order chi connectivity index (χ1) is 11.8. The van der Waals surface area contributed by atoms with Gasteiger partial charge >= 0.3 is 0 Å². The number of nitrogens with zero attached hydrogens (tertiary/aromatic N) is 1. The maximum atomic E-state index is 12.7. The summed E-state index contributed by atoms with van der Waals surface area (Å²) >= 11 is 0. The average molecular weight is 339 g/mol. The van der Waals surface area contributed by atoms with Gasteiger partial charge in [0.25, 0.3) is 0 Å². The number of carbonyl (C=O) groups is 2. The van der Waals surface area contributed by atoms with Crippen molar-refractivity contribution in [3.63, 3.8) is 0 Å². The molecular weight excluding hydrogens is 314 g/mol. The highest BCUT2D eigenvalue weighted by atomic mass is 16.2. The summed E-state index contributed by atoms with van der Waals surface area (Å²) < 4.78 is 0. The summed E-state index contributed by atoms with van der Waals surface area (Å²) in [5, 5.41) is 4.43. The monoisotopic (exact) mass is 339 g/mol. The Morgan fingerprint density at radius 2 is 1.96 bits per heavy atom. The first-order valence-corrected chi connectivity index (χ1v) is 9.02. The second-order valence-corrected chi connectivity index (χ2v) is 8.32. The van der Waals surface area contributed by atoms with Gasteiger partial charge in [0, 0.05) is 47.6 Å². The summed E-state index contributed by atoms with van der Waals surface area (Å²) in [4.78, 5) is 30.1. The zero-order valence-corrected chi connectivity index (χ0v) is 15.1. The van der Waals surface area contributed by atoms with Crippen molar-refractivity contribution < 1.29 is 9.59 Å². The number of amides is 2. The Balaban J connectivity index is 1.42. The van der Waals surface area contributed by atoms with Gasteiger partial charge in [-0.2, -0.15) is 0 Å². The number of hydrogen-bond acceptors (Lipinski definition) is 2. The standard InChI is InChI=1S/C20H25N3O2/c1-20(2,3)23-11-12(8-18(23)24)19(25)21-13-9-15-14-6-4-5-7-16(14)22-17(15)10-13/h4-7,12-13,22H,8-11H2,1-3H3,(H,21,25). The summed E-state index contributed by atoms with van der Waals surface area (Å²) in [6.07, 6.45) is 2.01. The minimum Gasteiger partial charge on any atom is -0.358 e. The van der Waals surface area contributed by atoms with Crippen molar-refractivity contribution in [2.45, 2.75) is 51.6 Å². The Hall–Kier alpha value is -2.30. The molecule has 4 rings (SSSR count). The SMILES string of the molecule is CC(C)(C)N1CC(C(=O)NC2Cc3[nH]c4ccccc4c3C2)CC1=O. The van der Waals surface area contributed by atoms with E-state index in [-0.39, 0.29) is 29.3 Å². The van der Waals surface area contributed by atoms with E-state index in [1.807, 2.05) is 37.8 Å². The van der Waals surface area contributed by atoms with Gasteiger partial charge in [0.05, 0.1) is 5.92 Å². The van der Waals surface area contributed by atoms with Crippen LogP contribution in [-0.4, -0.2) is 39.8 Å². The normalized spacial score (nSPS) is 23.3. The lowest BCUT2D eigenvalue weighted by Gasteiger charge is -2.32. The van der Waals surface area contributed by atoms with Crippen LogP contribution in [-0.2, 0) is 22.4 Å². The molecule has 2 atom stereocenters. The molecular formula is C20H25N3O2. The van der Waals surface area contributed by atoms with Crippen molar-refractivity contribution in [3.05, 3.63) is 35.5 Å². The summed E-state index contributed by atoms with van der Waals surface area (Å²) in [7, 11) is 0. The zero-order valence-electron chi connectivity index (χ0n) is 15.1. The second-order valence-electron chi connectivity index (χ2n) is 8.32. The lowest BCUT2D eigenvalue weighted by atomic mass is 10.1. The Morgan fingerprint density at radius 3 is 2.68 bits per heavy atom. The largest absolute Gasteiger partial charge is 0.358 e. The fraction of sp³-hybridized carbons (Fsp3) is 0.500. The van der Waals surface area contributed by atoms with Crippen LogP contribution in [0.15, 0.2) is 24.3 Å². The molecule has 132 valence electrons. The molecule has 0 saturated carbocycles. The average Bonchev–Trinajstić information content (AvgIpc) is 3.18. The highest BCUT2D eigenvalue weighted by Gasteiger charge is 2.40. The smallest absolute Gasteiger partial charge is 0.225 e. The van der Waals surface area contributed by atoms with Crippen LogP contribution in [0.1, 0.15) is 38.4 Å². The molecule has 2 aromatic rings. The number of carbonyl (C=O) groups excluding carboxylic acids is 2. The van der Waals surface area contributed by atoms with E-state index in [4.69, 9.17) is 0 Å². The molecule has 2 amide bonds. The molecule has 25 heavy (non-hydrogen) atoms. The van der Waals surface area contributed by atoms with E-state index in [2.05, 4.69) is 22.4 Å². The number of fused-ring (bicyclic) bond motifs is 3. The molecule has 2 aliphatic rings. The highest BCUT2D eigenvalue weighted by Crippen LogP contribution is 2.31. The van der Waals surface area contributed by atoms with Gasteiger partial charge in [0.15, 0.2) is 0 Å². The molecule has 0 spiro atoms. The van der Waals surface area contributed by atoms with E-state index < -0.39 is 0 Å².